The van der Waals surface area contributed by atoms with Crippen molar-refractivity contribution in [2.75, 3.05) is 23.9 Å². The van der Waals surface area contributed by atoms with Crippen molar-refractivity contribution in [2.45, 2.75) is 37.6 Å². The van der Waals surface area contributed by atoms with E-state index < -0.39 is 41.9 Å². The molecule has 36 heavy (non-hydrogen) atoms. The molecule has 1 aliphatic heterocycles. The van der Waals surface area contributed by atoms with Crippen LogP contribution in [-0.4, -0.2) is 51.6 Å². The number of fused-ring (bicyclic) bond motifs is 1. The van der Waals surface area contributed by atoms with Crippen LogP contribution in [0.2, 0.25) is 0 Å². The largest absolute Gasteiger partial charge is 0.755 e. The monoisotopic (exact) mass is 611 g/mol. The molecule has 0 aliphatic carbocycles. The summed E-state index contributed by atoms with van der Waals surface area (Å²) in [5, 5.41) is 1.25. The summed E-state index contributed by atoms with van der Waals surface area (Å²) >= 11 is 2.03. The van der Waals surface area contributed by atoms with Crippen LogP contribution >= 0.6 is 27.3 Å². The van der Waals surface area contributed by atoms with E-state index in [9.17, 15) is 30.7 Å². The Bertz CT molecular complexity index is 1220. The number of hydrogen-bond acceptors (Lipinski definition) is 5. The minimum atomic E-state index is -4.83. The van der Waals surface area contributed by atoms with Crippen molar-refractivity contribution in [1.82, 2.24) is 4.90 Å². The third-order valence-corrected chi connectivity index (χ3v) is 8.93. The van der Waals surface area contributed by atoms with E-state index in [2.05, 4.69) is 20.7 Å². The molecule has 0 saturated carbocycles. The molecule has 2 atom stereocenters. The Morgan fingerprint density at radius 1 is 1.19 bits per heavy atom. The zero-order chi connectivity index (χ0) is 26.1. The van der Waals surface area contributed by atoms with E-state index in [0.29, 0.717) is 21.6 Å². The number of alkyl halides is 5. The van der Waals surface area contributed by atoms with Gasteiger partial charge in [0.25, 0.3) is 5.92 Å². The molecule has 0 amide bonds. The van der Waals surface area contributed by atoms with Crippen LogP contribution in [0.3, 0.4) is 0 Å². The molecule has 0 N–H and O–H groups in total. The maximum absolute atomic E-state index is 14.3. The van der Waals surface area contributed by atoms with Gasteiger partial charge in [-0.05, 0) is 59.1 Å². The number of nitrogens with zero attached hydrogens (tertiary/aromatic N) is 2. The van der Waals surface area contributed by atoms with Crippen molar-refractivity contribution in [3.63, 3.8) is 0 Å². The molecule has 1 saturated heterocycles. The van der Waals surface area contributed by atoms with Gasteiger partial charge in [-0.2, -0.15) is 0 Å². The lowest BCUT2D eigenvalue weighted by Gasteiger charge is -2.40. The van der Waals surface area contributed by atoms with Crippen LogP contribution in [0, 0.1) is 0 Å². The van der Waals surface area contributed by atoms with Gasteiger partial charge in [0.2, 0.25) is 0 Å². The molecule has 2 aromatic carbocycles. The van der Waals surface area contributed by atoms with Gasteiger partial charge in [-0.25, -0.2) is 8.78 Å². The first-order valence-electron chi connectivity index (χ1n) is 10.9. The Hall–Kier alpha value is -1.80. The summed E-state index contributed by atoms with van der Waals surface area (Å²) in [5.74, 6) is -3.32. The van der Waals surface area contributed by atoms with Gasteiger partial charge in [0.15, 0.2) is 0 Å². The van der Waals surface area contributed by atoms with E-state index in [1.165, 1.54) is 23.5 Å². The molecule has 5 nitrogen and oxygen atoms in total. The zero-order valence-electron chi connectivity index (χ0n) is 18.6. The molecule has 0 radical (unpaired) electrons. The molecule has 13 heteroatoms. The Labute approximate surface area is 219 Å². The smallest absolute Gasteiger partial charge is 0.573 e. The highest BCUT2D eigenvalue weighted by atomic mass is 79.9. The third kappa shape index (κ3) is 6.74. The van der Waals surface area contributed by atoms with Gasteiger partial charge in [-0.15, -0.1) is 24.5 Å². The predicted molar refractivity (Wildman–Crippen MR) is 132 cm³/mol. The van der Waals surface area contributed by atoms with E-state index >= 15 is 0 Å². The Kier molecular flexibility index (Phi) is 8.25. The molecule has 196 valence electrons. The van der Waals surface area contributed by atoms with E-state index in [1.54, 1.807) is 4.90 Å². The second-order valence-electron chi connectivity index (χ2n) is 8.48. The van der Waals surface area contributed by atoms with Crippen molar-refractivity contribution < 1.29 is 35.5 Å². The van der Waals surface area contributed by atoms with E-state index in [-0.39, 0.29) is 25.8 Å². The molecule has 3 aromatic rings. The molecule has 4 rings (SSSR count). The maximum atomic E-state index is 14.3. The van der Waals surface area contributed by atoms with Crippen LogP contribution in [0.15, 0.2) is 53.0 Å². The van der Waals surface area contributed by atoms with Crippen molar-refractivity contribution in [2.24, 2.45) is 0 Å². The quantitative estimate of drug-likeness (QED) is 0.215. The lowest BCUT2D eigenvalue weighted by molar-refractivity contribution is -0.274. The summed E-state index contributed by atoms with van der Waals surface area (Å²) in [5.41, 5.74) is 0.565. The molecular weight excluding hydrogens is 591 g/mol. The number of thiophene rings is 1. The van der Waals surface area contributed by atoms with Crippen molar-refractivity contribution >= 4 is 53.6 Å². The molecular formula is C23H21BrF5N2O3S2-. The number of anilines is 1. The highest BCUT2D eigenvalue weighted by Gasteiger charge is 2.38. The SMILES string of the molecule is O=S([O-])N(CC(Cc1ccc(OC(F)(F)F)cc1)N1CCCC(F)(F)C1)c1sc2ccccc2c1Br. The average Bonchev–Trinajstić information content (AvgIpc) is 3.12. The van der Waals surface area contributed by atoms with Crippen molar-refractivity contribution in [1.29, 1.82) is 0 Å². The topological polar surface area (TPSA) is 55.8 Å². The first-order chi connectivity index (χ1) is 16.9. The number of ether oxygens (including phenoxy) is 1. The normalized spacial score (nSPS) is 18.2. The Morgan fingerprint density at radius 2 is 1.89 bits per heavy atom. The average molecular weight is 612 g/mol. The van der Waals surface area contributed by atoms with E-state index in [0.717, 1.165) is 26.5 Å². The van der Waals surface area contributed by atoms with Gasteiger partial charge in [0.1, 0.15) is 10.8 Å². The lowest BCUT2D eigenvalue weighted by Crippen LogP contribution is -2.52. The van der Waals surface area contributed by atoms with Gasteiger partial charge >= 0.3 is 6.36 Å². The van der Waals surface area contributed by atoms with Crippen LogP contribution in [-0.2, 0) is 17.7 Å². The Balaban J connectivity index is 1.63. The van der Waals surface area contributed by atoms with Crippen molar-refractivity contribution in [3.05, 3.63) is 58.6 Å². The molecule has 0 bridgehead atoms. The van der Waals surface area contributed by atoms with Crippen LogP contribution in [0.1, 0.15) is 18.4 Å². The Morgan fingerprint density at radius 3 is 2.50 bits per heavy atom. The van der Waals surface area contributed by atoms with Crippen LogP contribution in [0.25, 0.3) is 10.1 Å². The fraction of sp³-hybridized carbons (Fsp3) is 0.391. The minimum absolute atomic E-state index is 0.113. The van der Waals surface area contributed by atoms with Gasteiger partial charge in [0, 0.05) is 40.4 Å². The first kappa shape index (κ1) is 27.2. The number of hydrogen-bond donors (Lipinski definition) is 0. The van der Waals surface area contributed by atoms with Crippen LogP contribution < -0.4 is 9.04 Å². The minimum Gasteiger partial charge on any atom is -0.755 e. The standard InChI is InChI=1S/C23H22BrF5N2O3S2/c24-20-18-4-1-2-5-19(18)35-21(20)31(36(32)33)13-16(30-11-3-10-22(25,26)14-30)12-15-6-8-17(9-7-15)34-23(27,28)29/h1-2,4-9,16H,3,10-14H2,(H,32,33)/p-1. The number of piperidine rings is 1. The fourth-order valence-corrected chi connectivity index (χ4v) is 7.16. The number of likely N-dealkylation sites (tertiary alicyclic amines) is 1. The zero-order valence-corrected chi connectivity index (χ0v) is 21.9. The van der Waals surface area contributed by atoms with Gasteiger partial charge in [0.05, 0.1) is 11.0 Å². The van der Waals surface area contributed by atoms with Crippen LogP contribution in [0.5, 0.6) is 5.75 Å². The summed E-state index contributed by atoms with van der Waals surface area (Å²) in [6.07, 6.45) is -4.69. The number of benzene rings is 2. The molecule has 1 fully saturated rings. The summed E-state index contributed by atoms with van der Waals surface area (Å²) in [6, 6.07) is 11.8. The molecule has 2 unspecified atom stereocenters. The molecule has 1 aromatic heterocycles. The number of rotatable bonds is 8. The van der Waals surface area contributed by atoms with Gasteiger partial charge in [-0.3, -0.25) is 13.4 Å². The number of halogens is 6. The second kappa shape index (κ2) is 10.9. The lowest BCUT2D eigenvalue weighted by atomic mass is 10.00. The van der Waals surface area contributed by atoms with Crippen molar-refractivity contribution in [3.8, 4) is 5.75 Å². The van der Waals surface area contributed by atoms with Gasteiger partial charge in [-0.1, -0.05) is 30.3 Å². The summed E-state index contributed by atoms with van der Waals surface area (Å²) in [7, 11) is 0. The molecule has 0 spiro atoms. The summed E-state index contributed by atoms with van der Waals surface area (Å²) < 4.78 is 97.2. The van der Waals surface area contributed by atoms with Gasteiger partial charge < -0.3 is 9.29 Å². The van der Waals surface area contributed by atoms with E-state index in [1.807, 2.05) is 24.3 Å². The second-order valence-corrected chi connectivity index (χ2v) is 11.2. The first-order valence-corrected chi connectivity index (χ1v) is 13.6. The third-order valence-electron chi connectivity index (χ3n) is 5.87. The summed E-state index contributed by atoms with van der Waals surface area (Å²) in [6.45, 7) is -0.291. The van der Waals surface area contributed by atoms with Crippen LogP contribution in [0.4, 0.5) is 27.0 Å². The molecule has 2 heterocycles. The highest BCUT2D eigenvalue weighted by molar-refractivity contribution is 9.10. The molecule has 1 aliphatic rings. The predicted octanol–water partition coefficient (Wildman–Crippen LogP) is 6.51. The fourth-order valence-electron chi connectivity index (χ4n) is 4.28. The van der Waals surface area contributed by atoms with E-state index in [4.69, 9.17) is 0 Å². The highest BCUT2D eigenvalue weighted by Crippen LogP contribution is 2.43. The summed E-state index contributed by atoms with van der Waals surface area (Å²) in [4.78, 5) is 1.56. The maximum Gasteiger partial charge on any atom is 0.573 e.